The third-order valence-corrected chi connectivity index (χ3v) is 5.13. The predicted octanol–water partition coefficient (Wildman–Crippen LogP) is 0.876. The minimum absolute atomic E-state index is 0.118. The average Bonchev–Trinajstić information content (AvgIpc) is 3.19. The molecule has 114 valence electrons. The Bertz CT molecular complexity index is 693. The van der Waals surface area contributed by atoms with E-state index in [0.717, 1.165) is 17.7 Å². The number of carbonyl (C=O) groups excluding carboxylic acids is 1. The van der Waals surface area contributed by atoms with Gasteiger partial charge in [-0.05, 0) is 19.1 Å². The molecule has 7 nitrogen and oxygen atoms in total. The van der Waals surface area contributed by atoms with E-state index in [9.17, 15) is 17.1 Å². The number of rotatable bonds is 4. The maximum Gasteiger partial charge on any atom is 0.307 e. The van der Waals surface area contributed by atoms with Crippen molar-refractivity contribution in [1.82, 2.24) is 15.0 Å². The number of amides is 1. The van der Waals surface area contributed by atoms with Crippen LogP contribution in [-0.4, -0.2) is 47.3 Å². The molecule has 1 unspecified atom stereocenters. The molecule has 0 radical (unpaired) electrons. The van der Waals surface area contributed by atoms with Crippen LogP contribution >= 0.6 is 11.8 Å². The Hall–Kier alpha value is -1.29. The monoisotopic (exact) mass is 332 g/mol. The van der Waals surface area contributed by atoms with Gasteiger partial charge in [-0.1, -0.05) is 11.8 Å². The summed E-state index contributed by atoms with van der Waals surface area (Å²) in [6, 6.07) is 0. The minimum Gasteiger partial charge on any atom is -0.279 e. The summed E-state index contributed by atoms with van der Waals surface area (Å²) in [7, 11) is -4.75. The van der Waals surface area contributed by atoms with Gasteiger partial charge in [0.1, 0.15) is 11.1 Å². The lowest BCUT2D eigenvalue weighted by molar-refractivity contribution is -0.117. The van der Waals surface area contributed by atoms with Gasteiger partial charge in [-0.25, -0.2) is 4.98 Å². The fraction of sp³-hybridized carbons (Fsp3) is 0.636. The van der Waals surface area contributed by atoms with E-state index in [-0.39, 0.29) is 24.8 Å². The van der Waals surface area contributed by atoms with Gasteiger partial charge in [-0.15, -0.1) is 3.89 Å². The summed E-state index contributed by atoms with van der Waals surface area (Å²) in [5.41, 5.74) is 0. The Morgan fingerprint density at radius 3 is 2.52 bits per heavy atom. The van der Waals surface area contributed by atoms with Gasteiger partial charge in [0.2, 0.25) is 11.9 Å². The molecule has 1 saturated heterocycles. The van der Waals surface area contributed by atoms with E-state index in [1.54, 1.807) is 6.26 Å². The molecule has 1 aromatic heterocycles. The number of anilines is 1. The molecule has 1 aliphatic carbocycles. The van der Waals surface area contributed by atoms with Crippen molar-refractivity contribution < 1.29 is 17.1 Å². The first-order valence-corrected chi connectivity index (χ1v) is 9.09. The van der Waals surface area contributed by atoms with E-state index in [1.807, 2.05) is 0 Å². The summed E-state index contributed by atoms with van der Waals surface area (Å²) in [6.07, 6.45) is 3.41. The molecule has 0 N–H and O–H groups in total. The molecule has 2 fully saturated rings. The maximum absolute atomic E-state index is 13.1. The van der Waals surface area contributed by atoms with Crippen LogP contribution in [0.15, 0.2) is 5.16 Å². The third-order valence-electron chi connectivity index (χ3n) is 3.47. The molecular weight excluding hydrogens is 319 g/mol. The van der Waals surface area contributed by atoms with E-state index >= 15 is 0 Å². The molecule has 1 saturated carbocycles. The molecule has 2 aliphatic rings. The lowest BCUT2D eigenvalue weighted by Crippen LogP contribution is -2.29. The summed E-state index contributed by atoms with van der Waals surface area (Å²) in [5.74, 6) is 0.522. The van der Waals surface area contributed by atoms with E-state index in [2.05, 4.69) is 15.0 Å². The maximum atomic E-state index is 13.1. The highest BCUT2D eigenvalue weighted by Crippen LogP contribution is 2.39. The summed E-state index contributed by atoms with van der Waals surface area (Å²) in [6.45, 7) is -0.250. The summed E-state index contributed by atoms with van der Waals surface area (Å²) in [4.78, 5) is 25.7. The normalized spacial score (nSPS) is 22.9. The number of aromatic nitrogens is 3. The van der Waals surface area contributed by atoms with E-state index in [1.165, 1.54) is 11.8 Å². The molecule has 0 bridgehead atoms. The van der Waals surface area contributed by atoms with Gasteiger partial charge in [0, 0.05) is 18.9 Å². The predicted molar refractivity (Wildman–Crippen MR) is 74.4 cm³/mol. The van der Waals surface area contributed by atoms with Gasteiger partial charge in [-0.3, -0.25) is 9.69 Å². The summed E-state index contributed by atoms with van der Waals surface area (Å²) in [5, 5.41) is -0.870. The van der Waals surface area contributed by atoms with Crippen LogP contribution in [0.2, 0.25) is 0 Å². The van der Waals surface area contributed by atoms with Crippen molar-refractivity contribution in [1.29, 1.82) is 0 Å². The van der Waals surface area contributed by atoms with Crippen LogP contribution in [0.25, 0.3) is 0 Å². The first kappa shape index (κ1) is 14.6. The molecule has 1 aliphatic heterocycles. The molecule has 0 aromatic carbocycles. The van der Waals surface area contributed by atoms with Crippen molar-refractivity contribution in [2.45, 2.75) is 35.6 Å². The topological polar surface area (TPSA) is 93.1 Å². The van der Waals surface area contributed by atoms with Crippen LogP contribution in [0.5, 0.6) is 0 Å². The van der Waals surface area contributed by atoms with Crippen LogP contribution < -0.4 is 4.90 Å². The fourth-order valence-electron chi connectivity index (χ4n) is 2.15. The van der Waals surface area contributed by atoms with Crippen molar-refractivity contribution in [3.8, 4) is 0 Å². The molecule has 1 atom stereocenters. The lowest BCUT2D eigenvalue weighted by Gasteiger charge is -2.15. The van der Waals surface area contributed by atoms with E-state index in [0.29, 0.717) is 11.0 Å². The van der Waals surface area contributed by atoms with Gasteiger partial charge >= 0.3 is 10.2 Å². The zero-order valence-electron chi connectivity index (χ0n) is 11.2. The quantitative estimate of drug-likeness (QED) is 0.596. The molecule has 1 amide bonds. The Morgan fingerprint density at radius 1 is 1.29 bits per heavy atom. The highest BCUT2D eigenvalue weighted by Gasteiger charge is 2.41. The van der Waals surface area contributed by atoms with E-state index in [4.69, 9.17) is 0 Å². The molecule has 2 heterocycles. The zero-order chi connectivity index (χ0) is 15.2. The SMILES string of the molecule is CSc1nc(C2CC2)nc(N2CC(S(=O)(=O)F)CC2=O)n1. The number of thioether (sulfide) groups is 1. The average molecular weight is 332 g/mol. The zero-order valence-corrected chi connectivity index (χ0v) is 12.8. The van der Waals surface area contributed by atoms with Crippen molar-refractivity contribution in [3.63, 3.8) is 0 Å². The van der Waals surface area contributed by atoms with Crippen molar-refractivity contribution >= 4 is 33.8 Å². The van der Waals surface area contributed by atoms with Gasteiger partial charge in [-0.2, -0.15) is 18.4 Å². The molecular formula is C11H13FN4O3S2. The standard InChI is InChI=1S/C11H13FN4O3S2/c1-20-11-14-9(6-2-3-6)13-10(15-11)16-5-7(4-8(16)17)21(12,18)19/h6-7H,2-5H2,1H3. The van der Waals surface area contributed by atoms with Gasteiger partial charge in [0.15, 0.2) is 5.16 Å². The van der Waals surface area contributed by atoms with Gasteiger partial charge < -0.3 is 0 Å². The summed E-state index contributed by atoms with van der Waals surface area (Å²) < 4.78 is 35.0. The number of nitrogens with zero attached hydrogens (tertiary/aromatic N) is 4. The Morgan fingerprint density at radius 2 is 2.00 bits per heavy atom. The van der Waals surface area contributed by atoms with Crippen LogP contribution in [0.3, 0.4) is 0 Å². The van der Waals surface area contributed by atoms with Gasteiger partial charge in [0.05, 0.1) is 0 Å². The lowest BCUT2D eigenvalue weighted by atomic mass is 10.4. The minimum atomic E-state index is -4.75. The highest BCUT2D eigenvalue weighted by molar-refractivity contribution is 7.98. The second kappa shape index (κ2) is 5.16. The van der Waals surface area contributed by atoms with Crippen molar-refractivity contribution in [2.24, 2.45) is 0 Å². The van der Waals surface area contributed by atoms with Crippen molar-refractivity contribution in [3.05, 3.63) is 5.82 Å². The molecule has 3 rings (SSSR count). The highest BCUT2D eigenvalue weighted by atomic mass is 32.3. The number of hydrogen-bond acceptors (Lipinski definition) is 7. The molecule has 0 spiro atoms. The molecule has 21 heavy (non-hydrogen) atoms. The smallest absolute Gasteiger partial charge is 0.279 e. The van der Waals surface area contributed by atoms with Gasteiger partial charge in [0.25, 0.3) is 0 Å². The third kappa shape index (κ3) is 3.00. The first-order chi connectivity index (χ1) is 9.88. The van der Waals surface area contributed by atoms with E-state index < -0.39 is 21.4 Å². The Kier molecular flexibility index (Phi) is 3.60. The number of carbonyl (C=O) groups is 1. The summed E-state index contributed by atoms with van der Waals surface area (Å²) >= 11 is 1.32. The number of halogens is 1. The Balaban J connectivity index is 1.93. The second-order valence-corrected chi connectivity index (χ2v) is 7.45. The molecule has 1 aromatic rings. The van der Waals surface area contributed by atoms with Crippen LogP contribution in [-0.2, 0) is 15.0 Å². The first-order valence-electron chi connectivity index (χ1n) is 6.42. The van der Waals surface area contributed by atoms with Crippen LogP contribution in [0, 0.1) is 0 Å². The largest absolute Gasteiger partial charge is 0.307 e. The second-order valence-electron chi connectivity index (χ2n) is 5.06. The Labute approximate surface area is 125 Å². The van der Waals surface area contributed by atoms with Crippen LogP contribution in [0.1, 0.15) is 31.0 Å². The van der Waals surface area contributed by atoms with Crippen molar-refractivity contribution in [2.75, 3.05) is 17.7 Å². The molecule has 10 heteroatoms. The van der Waals surface area contributed by atoms with Crippen LogP contribution in [0.4, 0.5) is 9.83 Å². The number of hydrogen-bond donors (Lipinski definition) is 0. The fourth-order valence-corrected chi connectivity index (χ4v) is 3.18.